The molecule has 0 saturated carbocycles. The maximum absolute atomic E-state index is 6.00. The minimum absolute atomic E-state index is 0.0132. The van der Waals surface area contributed by atoms with Crippen LogP contribution in [0.4, 0.5) is 0 Å². The number of halogens is 1. The fourth-order valence-corrected chi connectivity index (χ4v) is 1.81. The zero-order chi connectivity index (χ0) is 13.9. The van der Waals surface area contributed by atoms with Crippen molar-refractivity contribution in [2.45, 2.75) is 12.3 Å². The summed E-state index contributed by atoms with van der Waals surface area (Å²) in [5, 5.41) is 3.20. The van der Waals surface area contributed by atoms with Gasteiger partial charge in [-0.25, -0.2) is 0 Å². The fourth-order valence-electron chi connectivity index (χ4n) is 1.58. The lowest BCUT2D eigenvalue weighted by Gasteiger charge is -2.13. The van der Waals surface area contributed by atoms with E-state index in [1.807, 2.05) is 31.2 Å². The van der Waals surface area contributed by atoms with E-state index in [1.54, 1.807) is 7.11 Å². The Bertz CT molecular complexity index is 349. The summed E-state index contributed by atoms with van der Waals surface area (Å²) in [5.41, 5.74) is 0. The van der Waals surface area contributed by atoms with Gasteiger partial charge in [-0.2, -0.15) is 0 Å². The fraction of sp³-hybridized carbons (Fsp3) is 0.571. The number of rotatable bonds is 10. The van der Waals surface area contributed by atoms with Gasteiger partial charge in [-0.15, -0.1) is 11.6 Å². The quantitative estimate of drug-likeness (QED) is 0.529. The van der Waals surface area contributed by atoms with Crippen molar-refractivity contribution in [1.29, 1.82) is 0 Å². The maximum atomic E-state index is 6.00. The van der Waals surface area contributed by atoms with Crippen LogP contribution in [-0.2, 0) is 4.74 Å². The summed E-state index contributed by atoms with van der Waals surface area (Å²) in [5.74, 6) is 1.55. The average molecular weight is 288 g/mol. The number of methoxy groups -OCH3 is 1. The summed E-state index contributed by atoms with van der Waals surface area (Å²) in [7, 11) is 1.64. The molecule has 0 aliphatic carbocycles. The molecule has 0 heterocycles. The van der Waals surface area contributed by atoms with Crippen molar-refractivity contribution in [2.75, 3.05) is 40.0 Å². The van der Waals surface area contributed by atoms with Crippen LogP contribution in [0.3, 0.4) is 0 Å². The largest absolute Gasteiger partial charge is 0.490 e. The predicted molar refractivity (Wildman–Crippen MR) is 77.5 cm³/mol. The molecule has 1 aromatic carbocycles. The number of nitrogens with one attached hydrogen (secondary N) is 1. The van der Waals surface area contributed by atoms with Crippen molar-refractivity contribution in [1.82, 2.24) is 5.32 Å². The summed E-state index contributed by atoms with van der Waals surface area (Å²) in [6.07, 6.45) is 0. The SMILES string of the molecule is CCOc1ccccc1OCCNCC(Cl)COC. The summed E-state index contributed by atoms with van der Waals surface area (Å²) in [6.45, 7) is 5.13. The second-order valence-electron chi connectivity index (χ2n) is 3.98. The lowest BCUT2D eigenvalue weighted by atomic mass is 10.3. The number of hydrogen-bond acceptors (Lipinski definition) is 4. The molecule has 108 valence electrons. The molecule has 0 aromatic heterocycles. The smallest absolute Gasteiger partial charge is 0.161 e. The van der Waals surface area contributed by atoms with Gasteiger partial charge in [0.05, 0.1) is 18.6 Å². The van der Waals surface area contributed by atoms with Crippen LogP contribution in [0, 0.1) is 0 Å². The van der Waals surface area contributed by atoms with E-state index in [0.29, 0.717) is 26.4 Å². The highest BCUT2D eigenvalue weighted by molar-refractivity contribution is 6.20. The van der Waals surface area contributed by atoms with Gasteiger partial charge >= 0.3 is 0 Å². The molecule has 1 aromatic rings. The minimum Gasteiger partial charge on any atom is -0.490 e. The molecule has 0 radical (unpaired) electrons. The third-order valence-corrected chi connectivity index (χ3v) is 2.68. The molecule has 19 heavy (non-hydrogen) atoms. The maximum Gasteiger partial charge on any atom is 0.161 e. The average Bonchev–Trinajstić information content (AvgIpc) is 2.41. The van der Waals surface area contributed by atoms with E-state index in [0.717, 1.165) is 18.0 Å². The van der Waals surface area contributed by atoms with Crippen LogP contribution in [0.5, 0.6) is 11.5 Å². The first-order valence-electron chi connectivity index (χ1n) is 6.46. The van der Waals surface area contributed by atoms with E-state index in [-0.39, 0.29) is 5.38 Å². The van der Waals surface area contributed by atoms with Gasteiger partial charge in [0.2, 0.25) is 0 Å². The molecule has 0 aliphatic rings. The first kappa shape index (κ1) is 16.1. The summed E-state index contributed by atoms with van der Waals surface area (Å²) >= 11 is 6.00. The number of alkyl halides is 1. The monoisotopic (exact) mass is 287 g/mol. The minimum atomic E-state index is -0.0132. The molecule has 0 spiro atoms. The lowest BCUT2D eigenvalue weighted by molar-refractivity contribution is 0.196. The predicted octanol–water partition coefficient (Wildman–Crippen LogP) is 2.31. The van der Waals surface area contributed by atoms with Crippen LogP contribution in [0.15, 0.2) is 24.3 Å². The molecule has 0 aliphatic heterocycles. The van der Waals surface area contributed by atoms with Gasteiger partial charge in [0.15, 0.2) is 11.5 Å². The van der Waals surface area contributed by atoms with Crippen LogP contribution < -0.4 is 14.8 Å². The first-order chi connectivity index (χ1) is 9.27. The molecule has 0 fully saturated rings. The standard InChI is InChI=1S/C14H22ClNO3/c1-3-18-13-6-4-5-7-14(13)19-9-8-16-10-12(15)11-17-2/h4-7,12,16H,3,8-11H2,1-2H3. The lowest BCUT2D eigenvalue weighted by Crippen LogP contribution is -2.29. The Morgan fingerprint density at radius 3 is 2.53 bits per heavy atom. The second kappa shape index (κ2) is 9.89. The molecular weight excluding hydrogens is 266 g/mol. The number of para-hydroxylation sites is 2. The molecule has 0 bridgehead atoms. The van der Waals surface area contributed by atoms with E-state index >= 15 is 0 Å². The summed E-state index contributed by atoms with van der Waals surface area (Å²) in [6, 6.07) is 7.66. The number of hydrogen-bond donors (Lipinski definition) is 1. The van der Waals surface area contributed by atoms with Gasteiger partial charge in [-0.3, -0.25) is 0 Å². The van der Waals surface area contributed by atoms with Crippen LogP contribution in [-0.4, -0.2) is 45.4 Å². The van der Waals surface area contributed by atoms with Crippen LogP contribution in [0.25, 0.3) is 0 Å². The Balaban J connectivity index is 2.22. The molecule has 1 atom stereocenters. The van der Waals surface area contributed by atoms with E-state index < -0.39 is 0 Å². The highest BCUT2D eigenvalue weighted by atomic mass is 35.5. The summed E-state index contributed by atoms with van der Waals surface area (Å²) in [4.78, 5) is 0. The van der Waals surface area contributed by atoms with Crippen LogP contribution in [0.2, 0.25) is 0 Å². The van der Waals surface area contributed by atoms with Crippen molar-refractivity contribution in [3.63, 3.8) is 0 Å². The van der Waals surface area contributed by atoms with Crippen LogP contribution in [0.1, 0.15) is 6.92 Å². The van der Waals surface area contributed by atoms with Crippen molar-refractivity contribution in [3.8, 4) is 11.5 Å². The number of benzene rings is 1. The molecule has 1 N–H and O–H groups in total. The Labute approximate surface area is 120 Å². The Morgan fingerprint density at radius 2 is 1.89 bits per heavy atom. The van der Waals surface area contributed by atoms with E-state index in [9.17, 15) is 0 Å². The van der Waals surface area contributed by atoms with Crippen molar-refractivity contribution < 1.29 is 14.2 Å². The molecule has 0 amide bonds. The van der Waals surface area contributed by atoms with Crippen molar-refractivity contribution in [2.24, 2.45) is 0 Å². The van der Waals surface area contributed by atoms with Gasteiger partial charge < -0.3 is 19.5 Å². The van der Waals surface area contributed by atoms with Crippen molar-refractivity contribution in [3.05, 3.63) is 24.3 Å². The van der Waals surface area contributed by atoms with Gasteiger partial charge in [0, 0.05) is 20.2 Å². The molecular formula is C14H22ClNO3. The highest BCUT2D eigenvalue weighted by Crippen LogP contribution is 2.25. The topological polar surface area (TPSA) is 39.7 Å². The first-order valence-corrected chi connectivity index (χ1v) is 6.90. The highest BCUT2D eigenvalue weighted by Gasteiger charge is 2.04. The second-order valence-corrected chi connectivity index (χ2v) is 4.60. The molecule has 5 heteroatoms. The Hall–Kier alpha value is -0.970. The normalized spacial score (nSPS) is 12.2. The van der Waals surface area contributed by atoms with Gasteiger partial charge in [0.1, 0.15) is 6.61 Å². The molecule has 0 saturated heterocycles. The zero-order valence-electron chi connectivity index (χ0n) is 11.5. The van der Waals surface area contributed by atoms with Gasteiger partial charge in [-0.1, -0.05) is 12.1 Å². The van der Waals surface area contributed by atoms with E-state index in [4.69, 9.17) is 25.8 Å². The molecule has 1 rings (SSSR count). The van der Waals surface area contributed by atoms with Gasteiger partial charge in [0.25, 0.3) is 0 Å². The third-order valence-electron chi connectivity index (χ3n) is 2.40. The van der Waals surface area contributed by atoms with Crippen LogP contribution >= 0.6 is 11.6 Å². The van der Waals surface area contributed by atoms with Crippen molar-refractivity contribution >= 4 is 11.6 Å². The number of ether oxygens (including phenoxy) is 3. The van der Waals surface area contributed by atoms with E-state index in [2.05, 4.69) is 5.32 Å². The Morgan fingerprint density at radius 1 is 1.21 bits per heavy atom. The van der Waals surface area contributed by atoms with E-state index in [1.165, 1.54) is 0 Å². The molecule has 4 nitrogen and oxygen atoms in total. The summed E-state index contributed by atoms with van der Waals surface area (Å²) < 4.78 is 16.1. The third kappa shape index (κ3) is 6.66. The molecule has 1 unspecified atom stereocenters. The Kier molecular flexibility index (Phi) is 8.38. The van der Waals surface area contributed by atoms with Gasteiger partial charge in [-0.05, 0) is 19.1 Å². The zero-order valence-corrected chi connectivity index (χ0v) is 12.3.